The van der Waals surface area contributed by atoms with Crippen molar-refractivity contribution in [2.75, 3.05) is 7.11 Å². The van der Waals surface area contributed by atoms with Crippen molar-refractivity contribution in [1.29, 1.82) is 0 Å². The Balaban J connectivity index is 0.00000156. The van der Waals surface area contributed by atoms with Gasteiger partial charge < -0.3 is 4.74 Å². The van der Waals surface area contributed by atoms with Crippen molar-refractivity contribution in [3.05, 3.63) is 53.0 Å². The zero-order valence-electron chi connectivity index (χ0n) is 13.3. The van der Waals surface area contributed by atoms with Crippen LogP contribution >= 0.6 is 15.9 Å². The summed E-state index contributed by atoms with van der Waals surface area (Å²) in [4.78, 5) is 1.76. The van der Waals surface area contributed by atoms with Gasteiger partial charge in [-0.05, 0) is 50.2 Å². The highest BCUT2D eigenvalue weighted by atomic mass is 79.9. The van der Waals surface area contributed by atoms with Gasteiger partial charge in [0, 0.05) is 15.6 Å². The van der Waals surface area contributed by atoms with Crippen LogP contribution in [0.15, 0.2) is 53.0 Å². The van der Waals surface area contributed by atoms with Crippen molar-refractivity contribution in [2.45, 2.75) is 34.7 Å². The largest absolute Gasteiger partial charge is 0.497 e. The first kappa shape index (κ1) is 20.9. The van der Waals surface area contributed by atoms with Gasteiger partial charge in [0.2, 0.25) is 0 Å². The lowest BCUT2D eigenvalue weighted by atomic mass is 10.1. The molecule has 0 spiro atoms. The van der Waals surface area contributed by atoms with Gasteiger partial charge in [-0.1, -0.05) is 42.9 Å². The molecule has 3 rings (SSSR count). The summed E-state index contributed by atoms with van der Waals surface area (Å²) in [7, 11) is 1.66. The molecule has 0 aliphatic carbocycles. The second-order valence-electron chi connectivity index (χ2n) is 5.55. The van der Waals surface area contributed by atoms with Crippen molar-refractivity contribution < 1.29 is 4.74 Å². The highest BCUT2D eigenvalue weighted by Gasteiger charge is 2.16. The van der Waals surface area contributed by atoms with E-state index in [1.807, 2.05) is 42.5 Å². The van der Waals surface area contributed by atoms with Gasteiger partial charge in [0.05, 0.1) is 13.2 Å². The molecular weight excluding hydrogens is 378 g/mol. The summed E-state index contributed by atoms with van der Waals surface area (Å²) < 4.78 is 6.25. The van der Waals surface area contributed by atoms with Gasteiger partial charge in [-0.25, -0.2) is 0 Å². The maximum atomic E-state index is 5.23. The number of hydrogen-bond acceptors (Lipinski definition) is 3. The minimum atomic E-state index is 0. The molecule has 1 heterocycles. The fourth-order valence-corrected chi connectivity index (χ4v) is 2.73. The molecule has 0 fully saturated rings. The second kappa shape index (κ2) is 8.81. The lowest BCUT2D eigenvalue weighted by molar-refractivity contribution is 0.415. The Hall–Kier alpha value is -2.14. The number of hydrogen-bond donors (Lipinski definition) is 0. The minimum absolute atomic E-state index is 0. The molecule has 0 amide bonds. The molecular formula is C20H26BrN3O. The Kier molecular flexibility index (Phi) is 7.37. The Labute approximate surface area is 159 Å². The third-order valence-electron chi connectivity index (χ3n) is 3.55. The van der Waals surface area contributed by atoms with Crippen LogP contribution in [0.5, 0.6) is 5.75 Å². The fraction of sp³-hybridized carbons (Fsp3) is 0.300. The van der Waals surface area contributed by atoms with Gasteiger partial charge >= 0.3 is 0 Å². The number of ether oxygens (including phenoxy) is 1. The number of aromatic nitrogens is 3. The average molecular weight is 404 g/mol. The van der Waals surface area contributed by atoms with Gasteiger partial charge in [-0.15, -0.1) is 0 Å². The van der Waals surface area contributed by atoms with E-state index in [-0.39, 0.29) is 20.9 Å². The second-order valence-corrected chi connectivity index (χ2v) is 6.47. The standard InChI is InChI=1S/C18H18BrN3O.2CH4/c1-12(2)22-20-17(13-7-9-16(23-3)10-8-13)18(21-22)14-5-4-6-15(19)11-14;;/h4-12H,1-3H3;2*1H4. The first-order valence-corrected chi connectivity index (χ1v) is 8.25. The molecule has 0 aliphatic heterocycles. The summed E-state index contributed by atoms with van der Waals surface area (Å²) in [6.45, 7) is 4.14. The Morgan fingerprint density at radius 3 is 2.04 bits per heavy atom. The van der Waals surface area contributed by atoms with Crippen molar-refractivity contribution in [3.8, 4) is 28.3 Å². The molecule has 0 aliphatic rings. The molecule has 4 nitrogen and oxygen atoms in total. The fourth-order valence-electron chi connectivity index (χ4n) is 2.33. The molecule has 3 aromatic rings. The zero-order valence-corrected chi connectivity index (χ0v) is 14.9. The van der Waals surface area contributed by atoms with E-state index in [1.54, 1.807) is 11.9 Å². The maximum Gasteiger partial charge on any atom is 0.121 e. The average Bonchev–Trinajstić information content (AvgIpc) is 3.00. The van der Waals surface area contributed by atoms with Crippen molar-refractivity contribution in [3.63, 3.8) is 0 Å². The number of benzene rings is 2. The summed E-state index contributed by atoms with van der Waals surface area (Å²) >= 11 is 3.52. The summed E-state index contributed by atoms with van der Waals surface area (Å²) in [5, 5.41) is 9.38. The smallest absolute Gasteiger partial charge is 0.121 e. The first-order valence-electron chi connectivity index (χ1n) is 7.45. The summed E-state index contributed by atoms with van der Waals surface area (Å²) in [6.07, 6.45) is 0. The van der Waals surface area contributed by atoms with E-state index in [1.165, 1.54) is 0 Å². The minimum Gasteiger partial charge on any atom is -0.497 e. The van der Waals surface area contributed by atoms with Crippen LogP contribution in [-0.2, 0) is 0 Å². The topological polar surface area (TPSA) is 39.9 Å². The van der Waals surface area contributed by atoms with Gasteiger partial charge in [0.15, 0.2) is 0 Å². The third kappa shape index (κ3) is 4.48. The molecule has 5 heteroatoms. The molecule has 0 N–H and O–H groups in total. The highest BCUT2D eigenvalue weighted by Crippen LogP contribution is 2.31. The molecule has 0 atom stereocenters. The zero-order chi connectivity index (χ0) is 16.4. The Morgan fingerprint density at radius 1 is 0.920 bits per heavy atom. The van der Waals surface area contributed by atoms with E-state index in [2.05, 4.69) is 35.8 Å². The summed E-state index contributed by atoms with van der Waals surface area (Å²) in [5.41, 5.74) is 3.81. The van der Waals surface area contributed by atoms with Crippen LogP contribution in [0.1, 0.15) is 34.7 Å². The van der Waals surface area contributed by atoms with Crippen molar-refractivity contribution in [1.82, 2.24) is 15.0 Å². The molecule has 0 bridgehead atoms. The predicted molar refractivity (Wildman–Crippen MR) is 109 cm³/mol. The van der Waals surface area contributed by atoms with Crippen LogP contribution in [-0.4, -0.2) is 22.1 Å². The molecule has 2 aromatic carbocycles. The van der Waals surface area contributed by atoms with Gasteiger partial charge in [-0.2, -0.15) is 15.0 Å². The van der Waals surface area contributed by atoms with Gasteiger partial charge in [0.25, 0.3) is 0 Å². The quantitative estimate of drug-likeness (QED) is 0.517. The molecule has 25 heavy (non-hydrogen) atoms. The molecule has 1 aromatic heterocycles. The number of halogens is 1. The SMILES string of the molecule is C.C.COc1ccc(-c2nn(C(C)C)nc2-c2cccc(Br)c2)cc1. The Morgan fingerprint density at radius 2 is 1.52 bits per heavy atom. The van der Waals surface area contributed by atoms with Crippen LogP contribution in [0.3, 0.4) is 0 Å². The van der Waals surface area contributed by atoms with Crippen LogP contribution in [0.4, 0.5) is 0 Å². The highest BCUT2D eigenvalue weighted by molar-refractivity contribution is 9.10. The molecule has 0 saturated heterocycles. The first-order chi connectivity index (χ1) is 11.1. The van der Waals surface area contributed by atoms with E-state index in [4.69, 9.17) is 14.9 Å². The molecule has 0 saturated carbocycles. The normalized spacial score (nSPS) is 10.1. The van der Waals surface area contributed by atoms with E-state index in [9.17, 15) is 0 Å². The van der Waals surface area contributed by atoms with Crippen molar-refractivity contribution in [2.24, 2.45) is 0 Å². The van der Waals surface area contributed by atoms with E-state index in [0.29, 0.717) is 0 Å². The lowest BCUT2D eigenvalue weighted by Gasteiger charge is -2.03. The van der Waals surface area contributed by atoms with E-state index in [0.717, 1.165) is 32.7 Å². The Bertz CT molecular complexity index is 810. The maximum absolute atomic E-state index is 5.23. The van der Waals surface area contributed by atoms with E-state index < -0.39 is 0 Å². The lowest BCUT2D eigenvalue weighted by Crippen LogP contribution is -2.04. The van der Waals surface area contributed by atoms with Gasteiger partial charge in [-0.3, -0.25) is 0 Å². The number of methoxy groups -OCH3 is 1. The summed E-state index contributed by atoms with van der Waals surface area (Å²) in [6, 6.07) is 16.2. The molecule has 0 unspecified atom stereocenters. The number of rotatable bonds is 4. The van der Waals surface area contributed by atoms with Crippen LogP contribution in [0.2, 0.25) is 0 Å². The number of nitrogens with zero attached hydrogens (tertiary/aromatic N) is 3. The van der Waals surface area contributed by atoms with Crippen LogP contribution in [0.25, 0.3) is 22.5 Å². The van der Waals surface area contributed by atoms with Crippen molar-refractivity contribution >= 4 is 15.9 Å². The van der Waals surface area contributed by atoms with Crippen LogP contribution in [0, 0.1) is 0 Å². The monoisotopic (exact) mass is 403 g/mol. The summed E-state index contributed by atoms with van der Waals surface area (Å²) in [5.74, 6) is 0.828. The van der Waals surface area contributed by atoms with Crippen LogP contribution < -0.4 is 4.74 Å². The predicted octanol–water partition coefficient (Wildman–Crippen LogP) is 6.24. The molecule has 0 radical (unpaired) electrons. The molecule has 134 valence electrons. The van der Waals surface area contributed by atoms with Gasteiger partial charge in [0.1, 0.15) is 17.1 Å². The van der Waals surface area contributed by atoms with E-state index >= 15 is 0 Å². The third-order valence-corrected chi connectivity index (χ3v) is 4.05.